The van der Waals surface area contributed by atoms with Gasteiger partial charge in [-0.2, -0.15) is 0 Å². The van der Waals surface area contributed by atoms with E-state index in [0.717, 1.165) is 22.5 Å². The molecule has 2 aromatic carbocycles. The molecule has 0 radical (unpaired) electrons. The number of sulfonamides is 1. The van der Waals surface area contributed by atoms with Gasteiger partial charge in [0.05, 0.1) is 19.1 Å². The first-order valence-corrected chi connectivity index (χ1v) is 13.7. The molecule has 0 bridgehead atoms. The number of nitrogens with zero attached hydrogens (tertiary/aromatic N) is 2. The van der Waals surface area contributed by atoms with Crippen molar-refractivity contribution in [3.63, 3.8) is 0 Å². The standard InChI is InChI=1S/C26H37N3O5S/c1-6-20(3)27-26(31)24(7-2)28(17-16-21-12-9-8-10-13-21)25(30)19-29(35(5,32)33)22-14-11-15-23(18-22)34-4/h8-15,18,20,24H,6-7,16-17,19H2,1-5H3,(H,27,31). The molecule has 0 saturated carbocycles. The smallest absolute Gasteiger partial charge is 0.244 e. The highest BCUT2D eigenvalue weighted by atomic mass is 32.2. The Bertz CT molecular complexity index is 1080. The van der Waals surface area contributed by atoms with Gasteiger partial charge in [-0.3, -0.25) is 13.9 Å². The van der Waals surface area contributed by atoms with Crippen molar-refractivity contribution in [2.45, 2.75) is 52.1 Å². The van der Waals surface area contributed by atoms with Crippen LogP contribution >= 0.6 is 0 Å². The van der Waals surface area contributed by atoms with Gasteiger partial charge in [0.15, 0.2) is 0 Å². The first-order valence-electron chi connectivity index (χ1n) is 11.9. The summed E-state index contributed by atoms with van der Waals surface area (Å²) in [5.41, 5.74) is 1.34. The van der Waals surface area contributed by atoms with Gasteiger partial charge in [-0.15, -0.1) is 0 Å². The molecule has 0 saturated heterocycles. The summed E-state index contributed by atoms with van der Waals surface area (Å²) in [6.45, 7) is 5.59. The fourth-order valence-corrected chi connectivity index (χ4v) is 4.56. The zero-order chi connectivity index (χ0) is 26.0. The van der Waals surface area contributed by atoms with E-state index in [-0.39, 0.29) is 18.5 Å². The van der Waals surface area contributed by atoms with Crippen LogP contribution in [0.25, 0.3) is 0 Å². The van der Waals surface area contributed by atoms with Gasteiger partial charge in [0.2, 0.25) is 21.8 Å². The lowest BCUT2D eigenvalue weighted by molar-refractivity contribution is -0.139. The third-order valence-corrected chi connectivity index (χ3v) is 7.03. The first kappa shape index (κ1) is 28.2. The Morgan fingerprint density at radius 1 is 1.03 bits per heavy atom. The van der Waals surface area contributed by atoms with Gasteiger partial charge in [-0.25, -0.2) is 8.42 Å². The predicted molar refractivity (Wildman–Crippen MR) is 139 cm³/mol. The molecule has 2 unspecified atom stereocenters. The van der Waals surface area contributed by atoms with Gasteiger partial charge in [0.1, 0.15) is 18.3 Å². The van der Waals surface area contributed by atoms with E-state index < -0.39 is 28.5 Å². The number of hydrogen-bond donors (Lipinski definition) is 1. The molecule has 1 N–H and O–H groups in total. The lowest BCUT2D eigenvalue weighted by Gasteiger charge is -2.33. The molecule has 0 fully saturated rings. The van der Waals surface area contributed by atoms with Gasteiger partial charge >= 0.3 is 0 Å². The lowest BCUT2D eigenvalue weighted by atomic mass is 10.1. The van der Waals surface area contributed by atoms with Crippen molar-refractivity contribution in [2.75, 3.05) is 30.8 Å². The Balaban J connectivity index is 2.37. The molecule has 0 aromatic heterocycles. The van der Waals surface area contributed by atoms with Crippen LogP contribution in [0.15, 0.2) is 54.6 Å². The number of nitrogens with one attached hydrogen (secondary N) is 1. The van der Waals surface area contributed by atoms with Crippen LogP contribution in [0, 0.1) is 0 Å². The van der Waals surface area contributed by atoms with Gasteiger partial charge in [0, 0.05) is 18.7 Å². The second-order valence-electron chi connectivity index (χ2n) is 8.54. The van der Waals surface area contributed by atoms with Crippen molar-refractivity contribution >= 4 is 27.5 Å². The molecule has 0 aliphatic rings. The molecule has 2 atom stereocenters. The summed E-state index contributed by atoms with van der Waals surface area (Å²) in [5, 5.41) is 2.96. The fourth-order valence-electron chi connectivity index (χ4n) is 3.72. The van der Waals surface area contributed by atoms with Gasteiger partial charge in [-0.05, 0) is 43.9 Å². The monoisotopic (exact) mass is 503 g/mol. The number of ether oxygens (including phenoxy) is 1. The van der Waals surface area contributed by atoms with E-state index in [9.17, 15) is 18.0 Å². The highest BCUT2D eigenvalue weighted by Crippen LogP contribution is 2.23. The van der Waals surface area contributed by atoms with Crippen LogP contribution in [-0.4, -0.2) is 63.7 Å². The highest BCUT2D eigenvalue weighted by Gasteiger charge is 2.31. The fraction of sp³-hybridized carbons (Fsp3) is 0.462. The normalized spacial score (nSPS) is 12.9. The van der Waals surface area contributed by atoms with Crippen LogP contribution < -0.4 is 14.4 Å². The maximum Gasteiger partial charge on any atom is 0.244 e. The summed E-state index contributed by atoms with van der Waals surface area (Å²) < 4.78 is 31.6. The Hall–Kier alpha value is -3.07. The predicted octanol–water partition coefficient (Wildman–Crippen LogP) is 3.23. The SMILES string of the molecule is CCC(C)NC(=O)C(CC)N(CCc1ccccc1)C(=O)CN(c1cccc(OC)c1)S(C)(=O)=O. The minimum Gasteiger partial charge on any atom is -0.497 e. The largest absolute Gasteiger partial charge is 0.497 e. The summed E-state index contributed by atoms with van der Waals surface area (Å²) >= 11 is 0. The maximum atomic E-state index is 13.6. The van der Waals surface area contributed by atoms with Crippen molar-refractivity contribution in [3.05, 3.63) is 60.2 Å². The van der Waals surface area contributed by atoms with Gasteiger partial charge in [0.25, 0.3) is 0 Å². The summed E-state index contributed by atoms with van der Waals surface area (Å²) in [6, 6.07) is 15.5. The molecule has 35 heavy (non-hydrogen) atoms. The van der Waals surface area contributed by atoms with E-state index in [2.05, 4.69) is 5.32 Å². The second-order valence-corrected chi connectivity index (χ2v) is 10.4. The average molecular weight is 504 g/mol. The van der Waals surface area contributed by atoms with E-state index in [1.54, 1.807) is 24.3 Å². The first-order chi connectivity index (χ1) is 16.6. The molecule has 0 aliphatic carbocycles. The van der Waals surface area contributed by atoms with E-state index in [0.29, 0.717) is 24.3 Å². The van der Waals surface area contributed by atoms with Crippen LogP contribution in [0.3, 0.4) is 0 Å². The Kier molecular flexibility index (Phi) is 10.6. The van der Waals surface area contributed by atoms with Crippen molar-refractivity contribution in [1.29, 1.82) is 0 Å². The molecular formula is C26H37N3O5S. The van der Waals surface area contributed by atoms with Crippen molar-refractivity contribution < 1.29 is 22.7 Å². The number of rotatable bonds is 13. The Morgan fingerprint density at radius 3 is 2.29 bits per heavy atom. The lowest BCUT2D eigenvalue weighted by Crippen LogP contribution is -2.54. The van der Waals surface area contributed by atoms with E-state index in [1.807, 2.05) is 51.1 Å². The molecule has 0 heterocycles. The molecule has 2 amide bonds. The number of anilines is 1. The van der Waals surface area contributed by atoms with Crippen molar-refractivity contribution in [2.24, 2.45) is 0 Å². The number of carbonyl (C=O) groups is 2. The van der Waals surface area contributed by atoms with Crippen LogP contribution in [0.5, 0.6) is 5.75 Å². The van der Waals surface area contributed by atoms with E-state index >= 15 is 0 Å². The van der Waals surface area contributed by atoms with Crippen LogP contribution in [-0.2, 0) is 26.0 Å². The van der Waals surface area contributed by atoms with E-state index in [1.165, 1.54) is 12.0 Å². The third-order valence-electron chi connectivity index (χ3n) is 5.89. The van der Waals surface area contributed by atoms with Crippen LogP contribution in [0.2, 0.25) is 0 Å². The Morgan fingerprint density at radius 2 is 1.71 bits per heavy atom. The van der Waals surface area contributed by atoms with E-state index in [4.69, 9.17) is 4.74 Å². The molecule has 2 rings (SSSR count). The van der Waals surface area contributed by atoms with Crippen LogP contribution in [0.1, 0.15) is 39.2 Å². The summed E-state index contributed by atoms with van der Waals surface area (Å²) in [7, 11) is -2.30. The number of benzene rings is 2. The molecule has 0 aliphatic heterocycles. The minimum absolute atomic E-state index is 0.0353. The Labute approximate surface area is 209 Å². The van der Waals surface area contributed by atoms with Gasteiger partial charge in [-0.1, -0.05) is 50.2 Å². The number of hydrogen-bond acceptors (Lipinski definition) is 5. The topological polar surface area (TPSA) is 96.0 Å². The maximum absolute atomic E-state index is 13.6. The molecule has 0 spiro atoms. The summed E-state index contributed by atoms with van der Waals surface area (Å²) in [5.74, 6) is -0.209. The van der Waals surface area contributed by atoms with Gasteiger partial charge < -0.3 is 15.0 Å². The minimum atomic E-state index is -3.78. The molecular weight excluding hydrogens is 466 g/mol. The third kappa shape index (κ3) is 8.28. The number of carbonyl (C=O) groups excluding carboxylic acids is 2. The number of amides is 2. The molecule has 192 valence electrons. The summed E-state index contributed by atoms with van der Waals surface area (Å²) in [6.07, 6.45) is 2.76. The summed E-state index contributed by atoms with van der Waals surface area (Å²) in [4.78, 5) is 28.2. The van der Waals surface area contributed by atoms with Crippen molar-refractivity contribution in [3.8, 4) is 5.75 Å². The average Bonchev–Trinajstić information content (AvgIpc) is 2.84. The second kappa shape index (κ2) is 13.1. The van der Waals surface area contributed by atoms with Crippen molar-refractivity contribution in [1.82, 2.24) is 10.2 Å². The quantitative estimate of drug-likeness (QED) is 0.453. The zero-order valence-corrected chi connectivity index (χ0v) is 22.0. The zero-order valence-electron chi connectivity index (χ0n) is 21.2. The highest BCUT2D eigenvalue weighted by molar-refractivity contribution is 7.92. The molecule has 2 aromatic rings. The number of methoxy groups -OCH3 is 1. The molecule has 8 nitrogen and oxygen atoms in total. The van der Waals surface area contributed by atoms with Crippen LogP contribution in [0.4, 0.5) is 5.69 Å². The molecule has 9 heteroatoms.